The fourth-order valence-corrected chi connectivity index (χ4v) is 3.57. The molecule has 1 aliphatic rings. The van der Waals surface area contributed by atoms with Crippen LogP contribution in [-0.4, -0.2) is 24.4 Å². The fraction of sp³-hybridized carbons (Fsp3) is 0.600. The van der Waals surface area contributed by atoms with Crippen molar-refractivity contribution in [3.05, 3.63) is 29.6 Å². The first-order valence-electron chi connectivity index (χ1n) is 6.97. The number of carbonyl (C=O) groups is 1. The summed E-state index contributed by atoms with van der Waals surface area (Å²) < 4.78 is 6.51. The molecule has 0 aliphatic heterocycles. The lowest BCUT2D eigenvalue weighted by Crippen LogP contribution is -2.44. The van der Waals surface area contributed by atoms with Crippen LogP contribution in [-0.2, 0) is 10.0 Å². The summed E-state index contributed by atoms with van der Waals surface area (Å²) in [6, 6.07) is 3.18. The van der Waals surface area contributed by atoms with E-state index in [1.807, 2.05) is 0 Å². The lowest BCUT2D eigenvalue weighted by Gasteiger charge is -2.39. The Morgan fingerprint density at radius 2 is 2.00 bits per heavy atom. The van der Waals surface area contributed by atoms with Crippen molar-refractivity contribution in [3.8, 4) is 0 Å². The molecule has 1 heterocycles. The summed E-state index contributed by atoms with van der Waals surface area (Å²) in [5, 5.41) is 9.23. The molecule has 0 aromatic carbocycles. The largest absolute Gasteiger partial charge is 0.478 e. The predicted molar refractivity (Wildman–Crippen MR) is 80.4 cm³/mol. The zero-order valence-electron chi connectivity index (χ0n) is 12.9. The van der Waals surface area contributed by atoms with Crippen LogP contribution >= 0.6 is 0 Å². The van der Waals surface area contributed by atoms with Crippen molar-refractivity contribution in [3.63, 3.8) is 0 Å². The fourth-order valence-electron chi connectivity index (χ4n) is 1.98. The van der Waals surface area contributed by atoms with Gasteiger partial charge in [-0.2, -0.15) is 0 Å². The van der Waals surface area contributed by atoms with Crippen LogP contribution in [0.3, 0.4) is 0 Å². The molecule has 1 fully saturated rings. The molecule has 1 N–H and O–H groups in total. The molecule has 1 saturated carbocycles. The standard InChI is InChI=1S/C15H23NO3Si/c1-14(2,3)20(4,5)19-15(7-8-15)12-10-11(13(17)18)6-9-16-12/h6,9-10H,7-8H2,1-5H3,(H,17,18). The average molecular weight is 293 g/mol. The van der Waals surface area contributed by atoms with Gasteiger partial charge in [-0.3, -0.25) is 4.98 Å². The normalized spacial score (nSPS) is 17.9. The highest BCUT2D eigenvalue weighted by molar-refractivity contribution is 6.74. The van der Waals surface area contributed by atoms with E-state index in [4.69, 9.17) is 9.53 Å². The second-order valence-corrected chi connectivity index (χ2v) is 11.8. The molecule has 1 aromatic heterocycles. The zero-order chi connectivity index (χ0) is 15.2. The molecule has 0 amide bonds. The highest BCUT2D eigenvalue weighted by Crippen LogP contribution is 2.53. The molecule has 1 aromatic rings. The van der Waals surface area contributed by atoms with Crippen LogP contribution in [0.15, 0.2) is 18.3 Å². The topological polar surface area (TPSA) is 59.4 Å². The average Bonchev–Trinajstić information content (AvgIpc) is 3.08. The Balaban J connectivity index is 2.28. The van der Waals surface area contributed by atoms with Crippen LogP contribution in [0.2, 0.25) is 18.1 Å². The quantitative estimate of drug-likeness (QED) is 0.858. The van der Waals surface area contributed by atoms with Crippen molar-refractivity contribution in [2.24, 2.45) is 0 Å². The Hall–Kier alpha value is -1.20. The van der Waals surface area contributed by atoms with Gasteiger partial charge in [0.15, 0.2) is 8.32 Å². The number of nitrogens with zero attached hydrogens (tertiary/aromatic N) is 1. The Bertz CT molecular complexity index is 530. The van der Waals surface area contributed by atoms with Gasteiger partial charge in [-0.1, -0.05) is 20.8 Å². The molecule has 20 heavy (non-hydrogen) atoms. The summed E-state index contributed by atoms with van der Waals surface area (Å²) in [4.78, 5) is 15.4. The van der Waals surface area contributed by atoms with Gasteiger partial charge in [-0.15, -0.1) is 0 Å². The maximum Gasteiger partial charge on any atom is 0.335 e. The number of hydrogen-bond acceptors (Lipinski definition) is 3. The first-order chi connectivity index (χ1) is 9.07. The monoisotopic (exact) mass is 293 g/mol. The molecule has 0 atom stereocenters. The number of hydrogen-bond donors (Lipinski definition) is 1. The molecule has 4 nitrogen and oxygen atoms in total. The highest BCUT2D eigenvalue weighted by atomic mass is 28.4. The summed E-state index contributed by atoms with van der Waals surface area (Å²) in [6.45, 7) is 11.0. The highest BCUT2D eigenvalue weighted by Gasteiger charge is 2.53. The first-order valence-corrected chi connectivity index (χ1v) is 9.88. The number of aromatic nitrogens is 1. The van der Waals surface area contributed by atoms with E-state index in [2.05, 4.69) is 38.8 Å². The number of aromatic carboxylic acids is 1. The molecule has 110 valence electrons. The van der Waals surface area contributed by atoms with Crippen molar-refractivity contribution in [2.75, 3.05) is 0 Å². The number of carboxylic acid groups (broad SMARTS) is 1. The van der Waals surface area contributed by atoms with Gasteiger partial charge in [0.05, 0.1) is 16.9 Å². The maximum atomic E-state index is 11.1. The van der Waals surface area contributed by atoms with Crippen LogP contribution in [0, 0.1) is 0 Å². The summed E-state index contributed by atoms with van der Waals surface area (Å²) >= 11 is 0. The summed E-state index contributed by atoms with van der Waals surface area (Å²) in [5.74, 6) is -0.920. The molecule has 0 bridgehead atoms. The SMILES string of the molecule is CC(C)(C)[Si](C)(C)OC1(c2cc(C(=O)O)ccn2)CC1. The van der Waals surface area contributed by atoms with E-state index in [0.717, 1.165) is 18.5 Å². The Labute approximate surface area is 121 Å². The zero-order valence-corrected chi connectivity index (χ0v) is 13.9. The number of rotatable bonds is 4. The van der Waals surface area contributed by atoms with Crippen molar-refractivity contribution in [2.45, 2.75) is 57.3 Å². The molecule has 0 radical (unpaired) electrons. The minimum Gasteiger partial charge on any atom is -0.478 e. The van der Waals surface area contributed by atoms with Crippen LogP contribution in [0.4, 0.5) is 0 Å². The summed E-state index contributed by atoms with van der Waals surface area (Å²) in [5.41, 5.74) is 0.691. The van der Waals surface area contributed by atoms with E-state index in [0.29, 0.717) is 0 Å². The lowest BCUT2D eigenvalue weighted by atomic mass is 10.1. The van der Waals surface area contributed by atoms with Crippen LogP contribution in [0.1, 0.15) is 49.7 Å². The predicted octanol–water partition coefficient (Wildman–Crippen LogP) is 3.79. The van der Waals surface area contributed by atoms with Crippen molar-refractivity contribution in [1.82, 2.24) is 4.98 Å². The second-order valence-electron chi connectivity index (χ2n) is 7.09. The van der Waals surface area contributed by atoms with Gasteiger partial charge >= 0.3 is 5.97 Å². The van der Waals surface area contributed by atoms with E-state index in [9.17, 15) is 4.79 Å². The second kappa shape index (κ2) is 4.67. The van der Waals surface area contributed by atoms with E-state index in [1.54, 1.807) is 12.3 Å². The Kier molecular flexibility index (Phi) is 3.55. The summed E-state index contributed by atoms with van der Waals surface area (Å²) in [6.07, 6.45) is 3.42. The molecule has 2 rings (SSSR count). The third-order valence-corrected chi connectivity index (χ3v) is 8.95. The first kappa shape index (κ1) is 15.2. The molecule has 0 saturated heterocycles. The van der Waals surface area contributed by atoms with Gasteiger partial charge in [-0.25, -0.2) is 4.79 Å². The minimum atomic E-state index is -1.89. The molecular weight excluding hydrogens is 270 g/mol. The van der Waals surface area contributed by atoms with Crippen molar-refractivity contribution in [1.29, 1.82) is 0 Å². The summed E-state index contributed by atoms with van der Waals surface area (Å²) in [7, 11) is -1.89. The lowest BCUT2D eigenvalue weighted by molar-refractivity contribution is 0.0696. The van der Waals surface area contributed by atoms with Gasteiger partial charge < -0.3 is 9.53 Å². The number of pyridine rings is 1. The molecule has 0 spiro atoms. The number of carboxylic acids is 1. The van der Waals surface area contributed by atoms with Crippen molar-refractivity contribution < 1.29 is 14.3 Å². The molecule has 5 heteroatoms. The van der Waals surface area contributed by atoms with Crippen molar-refractivity contribution >= 4 is 14.3 Å². The molecule has 1 aliphatic carbocycles. The van der Waals surface area contributed by atoms with Gasteiger partial charge in [0.1, 0.15) is 0 Å². The van der Waals surface area contributed by atoms with Gasteiger partial charge in [-0.05, 0) is 43.1 Å². The van der Waals surface area contributed by atoms with E-state index in [-0.39, 0.29) is 16.2 Å². The van der Waals surface area contributed by atoms with Gasteiger partial charge in [0.2, 0.25) is 0 Å². The van der Waals surface area contributed by atoms with Crippen LogP contribution < -0.4 is 0 Å². The van der Waals surface area contributed by atoms with E-state index >= 15 is 0 Å². The Morgan fingerprint density at radius 3 is 2.45 bits per heavy atom. The van der Waals surface area contributed by atoms with E-state index < -0.39 is 14.3 Å². The van der Waals surface area contributed by atoms with Gasteiger partial charge in [0.25, 0.3) is 0 Å². The minimum absolute atomic E-state index is 0.132. The van der Waals surface area contributed by atoms with E-state index in [1.165, 1.54) is 6.07 Å². The third kappa shape index (κ3) is 2.78. The third-order valence-electron chi connectivity index (χ3n) is 4.43. The van der Waals surface area contributed by atoms with Crippen LogP contribution in [0.5, 0.6) is 0 Å². The molecular formula is C15H23NO3Si. The Morgan fingerprint density at radius 1 is 1.40 bits per heavy atom. The molecule has 0 unspecified atom stereocenters. The van der Waals surface area contributed by atoms with Gasteiger partial charge in [0, 0.05) is 6.20 Å². The van der Waals surface area contributed by atoms with Crippen LogP contribution in [0.25, 0.3) is 0 Å². The maximum absolute atomic E-state index is 11.1. The smallest absolute Gasteiger partial charge is 0.335 e.